The minimum Gasteiger partial charge on any atom is -0.473 e. The molecule has 7 heteroatoms. The molecule has 1 atom stereocenters. The third-order valence-corrected chi connectivity index (χ3v) is 4.59. The van der Waals surface area contributed by atoms with E-state index < -0.39 is 11.4 Å². The summed E-state index contributed by atoms with van der Waals surface area (Å²) in [7, 11) is 0. The minimum atomic E-state index is -0.721. The van der Waals surface area contributed by atoms with Gasteiger partial charge in [0.15, 0.2) is 17.9 Å². The number of rotatable bonds is 7. The number of ether oxygens (including phenoxy) is 3. The summed E-state index contributed by atoms with van der Waals surface area (Å²) in [6.45, 7) is 0.928. The van der Waals surface area contributed by atoms with Gasteiger partial charge in [0.1, 0.15) is 12.2 Å². The van der Waals surface area contributed by atoms with Crippen LogP contribution >= 0.6 is 15.9 Å². The van der Waals surface area contributed by atoms with Crippen molar-refractivity contribution in [1.29, 1.82) is 0 Å². The van der Waals surface area contributed by atoms with Crippen molar-refractivity contribution in [3.63, 3.8) is 0 Å². The van der Waals surface area contributed by atoms with Gasteiger partial charge < -0.3 is 14.2 Å². The second-order valence-corrected chi connectivity index (χ2v) is 6.48. The van der Waals surface area contributed by atoms with Crippen molar-refractivity contribution in [3.05, 3.63) is 23.6 Å². The molecule has 0 spiro atoms. The highest BCUT2D eigenvalue weighted by atomic mass is 79.9. The van der Waals surface area contributed by atoms with Gasteiger partial charge in [0.2, 0.25) is 0 Å². The zero-order valence-corrected chi connectivity index (χ0v) is 14.3. The van der Waals surface area contributed by atoms with E-state index in [1.54, 1.807) is 0 Å². The van der Waals surface area contributed by atoms with Gasteiger partial charge in [0.25, 0.3) is 5.88 Å². The van der Waals surface area contributed by atoms with Crippen LogP contribution in [0.4, 0.5) is 4.39 Å². The van der Waals surface area contributed by atoms with Gasteiger partial charge in [-0.15, -0.1) is 0 Å². The van der Waals surface area contributed by atoms with Crippen LogP contribution in [0.5, 0.6) is 5.88 Å². The molecule has 2 aliphatic rings. The third-order valence-electron chi connectivity index (χ3n) is 4.08. The summed E-state index contributed by atoms with van der Waals surface area (Å²) in [4.78, 5) is 15.5. The van der Waals surface area contributed by atoms with Crippen LogP contribution < -0.4 is 4.74 Å². The lowest BCUT2D eigenvalue weighted by atomic mass is 10.2. The summed E-state index contributed by atoms with van der Waals surface area (Å²) in [5.41, 5.74) is -0.431. The molecule has 2 heterocycles. The molecule has 0 N–H and O–H groups in total. The molecule has 0 aromatic carbocycles. The molecule has 126 valence electrons. The maximum Gasteiger partial charge on any atom is 0.251 e. The first-order valence-electron chi connectivity index (χ1n) is 7.79. The molecule has 0 bridgehead atoms. The fraction of sp³-hybridized carbons (Fsp3) is 0.625. The summed E-state index contributed by atoms with van der Waals surface area (Å²) in [6.07, 6.45) is 5.92. The Morgan fingerprint density at radius 1 is 1.48 bits per heavy atom. The van der Waals surface area contributed by atoms with E-state index in [0.29, 0.717) is 6.61 Å². The first kappa shape index (κ1) is 16.8. The van der Waals surface area contributed by atoms with E-state index in [4.69, 9.17) is 14.2 Å². The molecular formula is C16H19BrFNO4. The number of aromatic nitrogens is 1. The van der Waals surface area contributed by atoms with E-state index in [1.807, 2.05) is 0 Å². The van der Waals surface area contributed by atoms with Gasteiger partial charge in [-0.25, -0.2) is 9.37 Å². The fourth-order valence-corrected chi connectivity index (χ4v) is 2.83. The quantitative estimate of drug-likeness (QED) is 0.530. The van der Waals surface area contributed by atoms with Crippen molar-refractivity contribution in [2.24, 2.45) is 0 Å². The number of carbonyl (C=O) groups excluding carboxylic acids is 1. The zero-order chi connectivity index (χ0) is 16.3. The standard InChI is InChI=1S/C16H19BrFNO4/c17-9-12(20)11-4-7-19-15(14(11)18)22-10-16(5-6-16)23-13-3-1-2-8-21-13/h4,7,13H,1-3,5-6,8-10H2. The first-order chi connectivity index (χ1) is 11.1. The zero-order valence-electron chi connectivity index (χ0n) is 12.7. The van der Waals surface area contributed by atoms with Crippen molar-refractivity contribution in [2.45, 2.75) is 44.0 Å². The molecule has 1 unspecified atom stereocenters. The molecule has 1 saturated heterocycles. The van der Waals surface area contributed by atoms with Gasteiger partial charge in [0.05, 0.1) is 10.9 Å². The maximum atomic E-state index is 14.3. The summed E-state index contributed by atoms with van der Waals surface area (Å²) in [5, 5.41) is 0.0550. The molecule has 1 aliphatic heterocycles. The number of Topliss-reactive ketones (excluding diaryl/α,β-unsaturated/α-hetero) is 1. The van der Waals surface area contributed by atoms with Crippen molar-refractivity contribution in [3.8, 4) is 5.88 Å². The molecule has 1 aromatic rings. The van der Waals surface area contributed by atoms with E-state index in [2.05, 4.69) is 20.9 Å². The third kappa shape index (κ3) is 4.08. The lowest BCUT2D eigenvalue weighted by Gasteiger charge is -2.27. The van der Waals surface area contributed by atoms with Crippen molar-refractivity contribution >= 4 is 21.7 Å². The van der Waals surface area contributed by atoms with Gasteiger partial charge in [-0.05, 0) is 38.2 Å². The second kappa shape index (κ2) is 7.23. The number of alkyl halides is 1. The fourth-order valence-electron chi connectivity index (χ4n) is 2.53. The monoisotopic (exact) mass is 387 g/mol. The molecule has 2 fully saturated rings. The van der Waals surface area contributed by atoms with Crippen LogP contribution in [0.2, 0.25) is 0 Å². The molecule has 3 rings (SSSR count). The number of nitrogens with zero attached hydrogens (tertiary/aromatic N) is 1. The van der Waals surface area contributed by atoms with E-state index in [-0.39, 0.29) is 35.5 Å². The molecule has 1 aliphatic carbocycles. The molecule has 0 radical (unpaired) electrons. The highest BCUT2D eigenvalue weighted by Gasteiger charge is 2.47. The lowest BCUT2D eigenvalue weighted by Crippen LogP contribution is -2.33. The number of hydrogen-bond donors (Lipinski definition) is 0. The Hall–Kier alpha value is -1.05. The molecule has 1 saturated carbocycles. The van der Waals surface area contributed by atoms with Crippen molar-refractivity contribution in [2.75, 3.05) is 18.5 Å². The van der Waals surface area contributed by atoms with Crippen LogP contribution in [0.15, 0.2) is 12.3 Å². The Labute approximate surface area is 142 Å². The van der Waals surface area contributed by atoms with E-state index in [0.717, 1.165) is 32.1 Å². The molecule has 5 nitrogen and oxygen atoms in total. The van der Waals surface area contributed by atoms with Gasteiger partial charge in [0, 0.05) is 12.8 Å². The lowest BCUT2D eigenvalue weighted by molar-refractivity contribution is -0.202. The van der Waals surface area contributed by atoms with Gasteiger partial charge >= 0.3 is 0 Å². The van der Waals surface area contributed by atoms with Crippen LogP contribution in [0.3, 0.4) is 0 Å². The summed E-state index contributed by atoms with van der Waals surface area (Å²) >= 11 is 3.03. The summed E-state index contributed by atoms with van der Waals surface area (Å²) < 4.78 is 31.3. The number of halogens is 2. The molecular weight excluding hydrogens is 369 g/mol. The van der Waals surface area contributed by atoms with Gasteiger partial charge in [-0.2, -0.15) is 0 Å². The number of pyridine rings is 1. The number of ketones is 1. The van der Waals surface area contributed by atoms with Crippen molar-refractivity contribution in [1.82, 2.24) is 4.98 Å². The topological polar surface area (TPSA) is 57.7 Å². The van der Waals surface area contributed by atoms with Crippen LogP contribution in [0.25, 0.3) is 0 Å². The smallest absolute Gasteiger partial charge is 0.251 e. The average molecular weight is 388 g/mol. The number of hydrogen-bond acceptors (Lipinski definition) is 5. The predicted molar refractivity (Wildman–Crippen MR) is 84.5 cm³/mol. The highest BCUT2D eigenvalue weighted by Crippen LogP contribution is 2.42. The Morgan fingerprint density at radius 2 is 2.30 bits per heavy atom. The van der Waals surface area contributed by atoms with Crippen LogP contribution in [-0.4, -0.2) is 41.2 Å². The Morgan fingerprint density at radius 3 is 2.96 bits per heavy atom. The Balaban J connectivity index is 1.60. The molecule has 1 aromatic heterocycles. The Bertz CT molecular complexity index is 573. The molecule has 23 heavy (non-hydrogen) atoms. The largest absolute Gasteiger partial charge is 0.473 e. The van der Waals surface area contributed by atoms with Gasteiger partial charge in [-0.1, -0.05) is 15.9 Å². The van der Waals surface area contributed by atoms with E-state index >= 15 is 0 Å². The van der Waals surface area contributed by atoms with E-state index in [1.165, 1.54) is 12.3 Å². The van der Waals surface area contributed by atoms with Crippen LogP contribution in [0, 0.1) is 5.82 Å². The van der Waals surface area contributed by atoms with Crippen molar-refractivity contribution < 1.29 is 23.4 Å². The maximum absolute atomic E-state index is 14.3. The number of carbonyl (C=O) groups is 1. The average Bonchev–Trinajstić information content (AvgIpc) is 3.34. The SMILES string of the molecule is O=C(CBr)c1ccnc(OCC2(OC3CCCCO3)CC2)c1F. The normalized spacial score (nSPS) is 22.6. The van der Waals surface area contributed by atoms with Crippen LogP contribution in [-0.2, 0) is 9.47 Å². The van der Waals surface area contributed by atoms with Gasteiger partial charge in [-0.3, -0.25) is 4.79 Å². The Kier molecular flexibility index (Phi) is 5.28. The second-order valence-electron chi connectivity index (χ2n) is 5.92. The van der Waals surface area contributed by atoms with E-state index in [9.17, 15) is 9.18 Å². The summed E-state index contributed by atoms with van der Waals surface area (Å²) in [6, 6.07) is 1.35. The predicted octanol–water partition coefficient (Wildman–Crippen LogP) is 3.25. The highest BCUT2D eigenvalue weighted by molar-refractivity contribution is 9.09. The summed E-state index contributed by atoms with van der Waals surface area (Å²) in [5.74, 6) is -1.22. The van der Waals surface area contributed by atoms with Crippen LogP contribution in [0.1, 0.15) is 42.5 Å². The first-order valence-corrected chi connectivity index (χ1v) is 8.92. The minimum absolute atomic E-state index is 0.0201. The molecule has 0 amide bonds.